The molecule has 1 aromatic carbocycles. The Morgan fingerprint density at radius 2 is 1.82 bits per heavy atom. The van der Waals surface area contributed by atoms with Gasteiger partial charge in [-0.15, -0.1) is 0 Å². The number of carbonyl (C=O) groups is 4. The summed E-state index contributed by atoms with van der Waals surface area (Å²) in [6.07, 6.45) is -0.548. The molecule has 2 aliphatic rings. The van der Waals surface area contributed by atoms with Gasteiger partial charge in [0.2, 0.25) is 11.8 Å². The molecular formula is C23H23N3O8. The minimum absolute atomic E-state index is 0.0455. The lowest BCUT2D eigenvalue weighted by Gasteiger charge is -2.35. The summed E-state index contributed by atoms with van der Waals surface area (Å²) in [5, 5.41) is 10.0. The van der Waals surface area contributed by atoms with Crippen molar-refractivity contribution in [2.75, 3.05) is 26.9 Å². The predicted octanol–water partition coefficient (Wildman–Crippen LogP) is 0.796. The SMILES string of the molecule is CCOC(=O)CC1=C(C(=O)OCC)[C@@]2(C(=O)N1CC(=O)OC)C(C#N)=C(N)Oc1ccccc12. The average Bonchev–Trinajstić information content (AvgIpc) is 3.02. The van der Waals surface area contributed by atoms with Crippen LogP contribution in [0.4, 0.5) is 0 Å². The lowest BCUT2D eigenvalue weighted by atomic mass is 9.68. The van der Waals surface area contributed by atoms with Crippen LogP contribution < -0.4 is 10.5 Å². The smallest absolute Gasteiger partial charge is 0.337 e. The summed E-state index contributed by atoms with van der Waals surface area (Å²) in [4.78, 5) is 53.1. The molecule has 0 saturated heterocycles. The summed E-state index contributed by atoms with van der Waals surface area (Å²) >= 11 is 0. The summed E-state index contributed by atoms with van der Waals surface area (Å²) in [5.74, 6) is -3.65. The third-order valence-electron chi connectivity index (χ3n) is 5.41. The summed E-state index contributed by atoms with van der Waals surface area (Å²) in [6, 6.07) is 8.10. The van der Waals surface area contributed by atoms with E-state index in [2.05, 4.69) is 0 Å². The van der Waals surface area contributed by atoms with Gasteiger partial charge in [0.25, 0.3) is 0 Å². The van der Waals surface area contributed by atoms with Gasteiger partial charge < -0.3 is 29.6 Å². The Morgan fingerprint density at radius 3 is 2.44 bits per heavy atom. The van der Waals surface area contributed by atoms with Crippen molar-refractivity contribution < 1.29 is 38.1 Å². The number of nitriles is 1. The number of para-hydroxylation sites is 1. The molecule has 0 fully saturated rings. The molecule has 0 saturated carbocycles. The van der Waals surface area contributed by atoms with E-state index < -0.39 is 48.1 Å². The molecule has 1 spiro atoms. The summed E-state index contributed by atoms with van der Waals surface area (Å²) in [7, 11) is 1.13. The van der Waals surface area contributed by atoms with Crippen molar-refractivity contribution in [2.24, 2.45) is 5.73 Å². The molecule has 0 radical (unpaired) electrons. The quantitative estimate of drug-likeness (QED) is 0.447. The number of rotatable bonds is 7. The summed E-state index contributed by atoms with van der Waals surface area (Å²) in [6.45, 7) is 2.51. The molecule has 34 heavy (non-hydrogen) atoms. The van der Waals surface area contributed by atoms with Crippen LogP contribution in [0.1, 0.15) is 25.8 Å². The van der Waals surface area contributed by atoms with E-state index in [1.165, 1.54) is 12.1 Å². The zero-order chi connectivity index (χ0) is 25.0. The molecule has 0 unspecified atom stereocenters. The van der Waals surface area contributed by atoms with Crippen molar-refractivity contribution in [2.45, 2.75) is 25.7 Å². The minimum Gasteiger partial charge on any atom is -0.468 e. The van der Waals surface area contributed by atoms with Crippen molar-refractivity contribution in [1.82, 2.24) is 4.90 Å². The van der Waals surface area contributed by atoms with Gasteiger partial charge >= 0.3 is 17.9 Å². The van der Waals surface area contributed by atoms with Gasteiger partial charge in [0, 0.05) is 11.3 Å². The molecule has 3 rings (SSSR count). The maximum Gasteiger partial charge on any atom is 0.337 e. The zero-order valence-corrected chi connectivity index (χ0v) is 18.9. The van der Waals surface area contributed by atoms with Crippen molar-refractivity contribution in [3.8, 4) is 11.8 Å². The number of benzene rings is 1. The molecular weight excluding hydrogens is 446 g/mol. The molecule has 11 heteroatoms. The largest absolute Gasteiger partial charge is 0.468 e. The molecule has 11 nitrogen and oxygen atoms in total. The molecule has 1 aromatic rings. The molecule has 2 aliphatic heterocycles. The Morgan fingerprint density at radius 1 is 1.15 bits per heavy atom. The van der Waals surface area contributed by atoms with Gasteiger partial charge in [0.15, 0.2) is 5.41 Å². The molecule has 1 amide bonds. The van der Waals surface area contributed by atoms with Gasteiger partial charge in [-0.3, -0.25) is 14.4 Å². The number of nitrogens with two attached hydrogens (primary N) is 1. The first kappa shape index (κ1) is 24.3. The van der Waals surface area contributed by atoms with Gasteiger partial charge in [0.05, 0.1) is 32.3 Å². The second kappa shape index (κ2) is 9.66. The number of amides is 1. The molecule has 2 N–H and O–H groups in total. The molecule has 0 bridgehead atoms. The van der Waals surface area contributed by atoms with E-state index in [1.807, 2.05) is 6.07 Å². The van der Waals surface area contributed by atoms with E-state index in [9.17, 15) is 24.4 Å². The first-order valence-corrected chi connectivity index (χ1v) is 10.4. The molecule has 0 aliphatic carbocycles. The lowest BCUT2D eigenvalue weighted by Crippen LogP contribution is -2.48. The van der Waals surface area contributed by atoms with Crippen LogP contribution in [0.15, 0.2) is 47.0 Å². The van der Waals surface area contributed by atoms with Crippen molar-refractivity contribution in [3.63, 3.8) is 0 Å². The lowest BCUT2D eigenvalue weighted by molar-refractivity contribution is -0.147. The Balaban J connectivity index is 2.43. The van der Waals surface area contributed by atoms with Crippen molar-refractivity contribution >= 4 is 23.8 Å². The Kier molecular flexibility index (Phi) is 6.91. The van der Waals surface area contributed by atoms with E-state index in [4.69, 9.17) is 24.7 Å². The molecule has 1 atom stereocenters. The molecule has 178 valence electrons. The van der Waals surface area contributed by atoms with E-state index in [1.54, 1.807) is 26.0 Å². The summed E-state index contributed by atoms with van der Waals surface area (Å²) in [5.41, 5.74) is 3.24. The number of hydrogen-bond acceptors (Lipinski definition) is 10. The van der Waals surface area contributed by atoms with E-state index in [0.717, 1.165) is 12.0 Å². The van der Waals surface area contributed by atoms with Crippen LogP contribution in [-0.2, 0) is 38.8 Å². The average molecular weight is 469 g/mol. The van der Waals surface area contributed by atoms with Gasteiger partial charge in [-0.05, 0) is 19.9 Å². The number of nitrogens with zero attached hydrogens (tertiary/aromatic N) is 2. The Bertz CT molecular complexity index is 1160. The van der Waals surface area contributed by atoms with Gasteiger partial charge in [-0.2, -0.15) is 5.26 Å². The van der Waals surface area contributed by atoms with E-state index in [-0.39, 0.29) is 41.4 Å². The monoisotopic (exact) mass is 469 g/mol. The van der Waals surface area contributed by atoms with Crippen LogP contribution in [0.2, 0.25) is 0 Å². The van der Waals surface area contributed by atoms with E-state index in [0.29, 0.717) is 0 Å². The first-order chi connectivity index (χ1) is 16.3. The van der Waals surface area contributed by atoms with Crippen LogP contribution in [0.3, 0.4) is 0 Å². The first-order valence-electron chi connectivity index (χ1n) is 10.4. The fraction of sp³-hybridized carbons (Fsp3) is 0.348. The van der Waals surface area contributed by atoms with Gasteiger partial charge in [-0.1, -0.05) is 18.2 Å². The minimum atomic E-state index is -2.10. The number of methoxy groups -OCH3 is 1. The highest BCUT2D eigenvalue weighted by Crippen LogP contribution is 2.54. The van der Waals surface area contributed by atoms with E-state index >= 15 is 0 Å². The standard InChI is InChI=1S/C23H23N3O8/c1-4-32-17(27)10-15-19(21(29)33-5-2)23(22(30)26(15)12-18(28)31-3)13-8-6-7-9-16(13)34-20(25)14(23)11-24/h6-9H,4-5,10,12,25H2,1-3H3/t23-/m0/s1. The highest BCUT2D eigenvalue weighted by atomic mass is 16.5. The van der Waals surface area contributed by atoms with Crippen LogP contribution in [0.5, 0.6) is 5.75 Å². The fourth-order valence-electron chi connectivity index (χ4n) is 4.13. The number of fused-ring (bicyclic) bond motifs is 2. The summed E-state index contributed by atoms with van der Waals surface area (Å²) < 4.78 is 20.5. The maximum absolute atomic E-state index is 14.1. The highest BCUT2D eigenvalue weighted by molar-refractivity contribution is 6.13. The van der Waals surface area contributed by atoms with Crippen LogP contribution in [-0.4, -0.2) is 55.6 Å². The normalized spacial score (nSPS) is 18.9. The number of esters is 3. The number of carbonyl (C=O) groups excluding carboxylic acids is 4. The van der Waals surface area contributed by atoms with Crippen LogP contribution in [0, 0.1) is 11.3 Å². The molecule has 0 aromatic heterocycles. The Hall–Kier alpha value is -4.33. The third-order valence-corrected chi connectivity index (χ3v) is 5.41. The van der Waals surface area contributed by atoms with Gasteiger partial charge in [-0.25, -0.2) is 4.79 Å². The Labute approximate surface area is 195 Å². The topological polar surface area (TPSA) is 158 Å². The van der Waals surface area contributed by atoms with Gasteiger partial charge in [0.1, 0.15) is 23.9 Å². The van der Waals surface area contributed by atoms with Crippen LogP contribution in [0.25, 0.3) is 0 Å². The third kappa shape index (κ3) is 3.73. The predicted molar refractivity (Wildman–Crippen MR) is 114 cm³/mol. The zero-order valence-electron chi connectivity index (χ0n) is 18.9. The number of ether oxygens (including phenoxy) is 4. The fourth-order valence-corrected chi connectivity index (χ4v) is 4.13. The number of hydrogen-bond donors (Lipinski definition) is 1. The second-order valence-corrected chi connectivity index (χ2v) is 7.19. The van der Waals surface area contributed by atoms with Crippen molar-refractivity contribution in [3.05, 3.63) is 52.6 Å². The second-order valence-electron chi connectivity index (χ2n) is 7.19. The van der Waals surface area contributed by atoms with Crippen molar-refractivity contribution in [1.29, 1.82) is 5.26 Å². The highest BCUT2D eigenvalue weighted by Gasteiger charge is 2.63. The molecule has 2 heterocycles. The maximum atomic E-state index is 14.1. The van der Waals surface area contributed by atoms with Crippen LogP contribution >= 0.6 is 0 Å².